The number of hydrogen-bond acceptors (Lipinski definition) is 1. The molecular weight excluding hydrogens is 344 g/mol. The second-order valence-electron chi connectivity index (χ2n) is 4.36. The molecule has 0 aliphatic carbocycles. The fourth-order valence-corrected chi connectivity index (χ4v) is 2.26. The lowest BCUT2D eigenvalue weighted by Crippen LogP contribution is -2.54. The molecule has 0 fully saturated rings. The quantitative estimate of drug-likeness (QED) is 0.588. The van der Waals surface area contributed by atoms with E-state index >= 15 is 0 Å². The highest BCUT2D eigenvalue weighted by atomic mass is 79.9. The number of alkyl halides is 7. The van der Waals surface area contributed by atoms with E-state index in [1.807, 2.05) is 5.32 Å². The fraction of sp³-hybridized carbons (Fsp3) is 0.900. The van der Waals surface area contributed by atoms with Gasteiger partial charge in [0.2, 0.25) is 11.8 Å². The molecule has 1 atom stereocenters. The van der Waals surface area contributed by atoms with E-state index in [1.54, 1.807) is 6.92 Å². The number of halogens is 7. The summed E-state index contributed by atoms with van der Waals surface area (Å²) in [5.74, 6) is -6.06. The van der Waals surface area contributed by atoms with Crippen molar-refractivity contribution in [1.82, 2.24) is 5.32 Å². The van der Waals surface area contributed by atoms with Crippen LogP contribution in [0.4, 0.5) is 26.3 Å². The Morgan fingerprint density at radius 1 is 1.16 bits per heavy atom. The summed E-state index contributed by atoms with van der Waals surface area (Å²) in [5.41, 5.74) is -1.12. The molecule has 0 aliphatic rings. The van der Waals surface area contributed by atoms with Crippen molar-refractivity contribution in [2.45, 2.75) is 44.6 Å². The van der Waals surface area contributed by atoms with Gasteiger partial charge < -0.3 is 5.32 Å². The Balaban J connectivity index is 5.14. The van der Waals surface area contributed by atoms with Gasteiger partial charge in [-0.15, -0.1) is 0 Å². The zero-order valence-electron chi connectivity index (χ0n) is 10.3. The Morgan fingerprint density at radius 2 is 1.58 bits per heavy atom. The third kappa shape index (κ3) is 5.58. The maximum absolute atomic E-state index is 12.3. The summed E-state index contributed by atoms with van der Waals surface area (Å²) in [4.78, 5) is 11.3. The van der Waals surface area contributed by atoms with Gasteiger partial charge in [0.1, 0.15) is 0 Å². The van der Waals surface area contributed by atoms with Crippen LogP contribution in [0.5, 0.6) is 0 Å². The van der Waals surface area contributed by atoms with Gasteiger partial charge in [-0.1, -0.05) is 22.9 Å². The standard InChI is InChI=1S/C10H14BrF6NO/c1-3-8(2,4-5-11)18-7(19)6(9(12,13)14)10(15,16)17/h6H,3-5H2,1-2H3,(H,18,19). The van der Waals surface area contributed by atoms with E-state index < -0.39 is 29.7 Å². The minimum absolute atomic E-state index is 0.215. The second kappa shape index (κ2) is 6.32. The molecule has 1 N–H and O–H groups in total. The molecule has 19 heavy (non-hydrogen) atoms. The zero-order valence-corrected chi connectivity index (χ0v) is 11.8. The number of amides is 1. The molecule has 114 valence electrons. The first-order valence-corrected chi connectivity index (χ1v) is 6.51. The number of nitrogens with one attached hydrogen (secondary N) is 1. The zero-order chi connectivity index (χ0) is 15.5. The van der Waals surface area contributed by atoms with Crippen LogP contribution >= 0.6 is 15.9 Å². The van der Waals surface area contributed by atoms with Crippen molar-refractivity contribution >= 4 is 21.8 Å². The topological polar surface area (TPSA) is 29.1 Å². The molecule has 0 aliphatic heterocycles. The first-order chi connectivity index (χ1) is 8.37. The lowest BCUT2D eigenvalue weighted by Gasteiger charge is -2.32. The molecule has 1 amide bonds. The number of rotatable bonds is 5. The average molecular weight is 358 g/mol. The van der Waals surface area contributed by atoms with Gasteiger partial charge in [0.15, 0.2) is 0 Å². The number of carbonyl (C=O) groups excluding carboxylic acids is 1. The van der Waals surface area contributed by atoms with Crippen molar-refractivity contribution in [1.29, 1.82) is 0 Å². The molecule has 0 rings (SSSR count). The van der Waals surface area contributed by atoms with E-state index in [2.05, 4.69) is 15.9 Å². The van der Waals surface area contributed by atoms with Crippen molar-refractivity contribution in [3.8, 4) is 0 Å². The Hall–Kier alpha value is -0.470. The lowest BCUT2D eigenvalue weighted by atomic mass is 9.94. The van der Waals surface area contributed by atoms with Crippen molar-refractivity contribution in [2.24, 2.45) is 5.92 Å². The van der Waals surface area contributed by atoms with E-state index in [9.17, 15) is 31.1 Å². The molecule has 0 aromatic rings. The molecule has 0 aromatic heterocycles. The maximum Gasteiger partial charge on any atom is 0.409 e. The highest BCUT2D eigenvalue weighted by Crippen LogP contribution is 2.39. The van der Waals surface area contributed by atoms with Gasteiger partial charge in [-0.25, -0.2) is 0 Å². The molecule has 0 saturated carbocycles. The molecule has 0 heterocycles. The summed E-state index contributed by atoms with van der Waals surface area (Å²) in [6, 6.07) is 0. The third-order valence-corrected chi connectivity index (χ3v) is 3.16. The second-order valence-corrected chi connectivity index (χ2v) is 5.15. The summed E-state index contributed by atoms with van der Waals surface area (Å²) in [7, 11) is 0. The summed E-state index contributed by atoms with van der Waals surface area (Å²) in [6.45, 7) is 2.97. The van der Waals surface area contributed by atoms with Gasteiger partial charge >= 0.3 is 12.4 Å². The molecule has 0 spiro atoms. The fourth-order valence-electron chi connectivity index (χ4n) is 1.39. The maximum atomic E-state index is 12.3. The van der Waals surface area contributed by atoms with Crippen molar-refractivity contribution < 1.29 is 31.1 Å². The van der Waals surface area contributed by atoms with Crippen LogP contribution in [0.25, 0.3) is 0 Å². The van der Waals surface area contributed by atoms with Gasteiger partial charge in [0.25, 0.3) is 0 Å². The van der Waals surface area contributed by atoms with Crippen LogP contribution in [0.15, 0.2) is 0 Å². The normalized spacial score (nSPS) is 16.3. The summed E-state index contributed by atoms with van der Waals surface area (Å²) in [5, 5.41) is 2.20. The molecule has 0 bridgehead atoms. The summed E-state index contributed by atoms with van der Waals surface area (Å²) in [6.07, 6.45) is -10.9. The summed E-state index contributed by atoms with van der Waals surface area (Å²) >= 11 is 3.04. The minimum atomic E-state index is -5.66. The molecule has 9 heteroatoms. The summed E-state index contributed by atoms with van der Waals surface area (Å²) < 4.78 is 74.0. The first kappa shape index (κ1) is 18.5. The Bertz CT molecular complexity index is 302. The Morgan fingerprint density at radius 3 is 1.84 bits per heavy atom. The highest BCUT2D eigenvalue weighted by Gasteiger charge is 2.61. The van der Waals surface area contributed by atoms with Crippen LogP contribution in [-0.2, 0) is 4.79 Å². The van der Waals surface area contributed by atoms with E-state index in [4.69, 9.17) is 0 Å². The molecular formula is C10H14BrF6NO. The molecule has 0 radical (unpaired) electrons. The van der Waals surface area contributed by atoms with Gasteiger partial charge in [-0.3, -0.25) is 4.79 Å². The first-order valence-electron chi connectivity index (χ1n) is 5.39. The van der Waals surface area contributed by atoms with Gasteiger partial charge in [0.05, 0.1) is 0 Å². The predicted molar refractivity (Wildman–Crippen MR) is 60.8 cm³/mol. The van der Waals surface area contributed by atoms with Crippen LogP contribution in [-0.4, -0.2) is 29.1 Å². The van der Waals surface area contributed by atoms with Gasteiger partial charge in [0, 0.05) is 10.9 Å². The van der Waals surface area contributed by atoms with Crippen LogP contribution < -0.4 is 5.32 Å². The molecule has 1 unspecified atom stereocenters. The number of carbonyl (C=O) groups is 1. The number of hydrogen-bond donors (Lipinski definition) is 1. The van der Waals surface area contributed by atoms with Crippen molar-refractivity contribution in [2.75, 3.05) is 5.33 Å². The van der Waals surface area contributed by atoms with Crippen molar-refractivity contribution in [3.05, 3.63) is 0 Å². The van der Waals surface area contributed by atoms with Crippen LogP contribution in [0.1, 0.15) is 26.7 Å². The molecule has 0 aromatic carbocycles. The average Bonchev–Trinajstić information content (AvgIpc) is 2.12. The minimum Gasteiger partial charge on any atom is -0.350 e. The SMILES string of the molecule is CCC(C)(CCBr)NC(=O)C(C(F)(F)F)C(F)(F)F. The van der Waals surface area contributed by atoms with E-state index in [0.717, 1.165) is 0 Å². The van der Waals surface area contributed by atoms with E-state index in [1.165, 1.54) is 6.92 Å². The van der Waals surface area contributed by atoms with E-state index in [0.29, 0.717) is 5.33 Å². The smallest absolute Gasteiger partial charge is 0.350 e. The predicted octanol–water partition coefficient (Wildman–Crippen LogP) is 3.80. The molecule has 2 nitrogen and oxygen atoms in total. The Labute approximate surface area is 115 Å². The largest absolute Gasteiger partial charge is 0.409 e. The monoisotopic (exact) mass is 357 g/mol. The Kier molecular flexibility index (Phi) is 6.16. The lowest BCUT2D eigenvalue weighted by molar-refractivity contribution is -0.274. The van der Waals surface area contributed by atoms with Crippen molar-refractivity contribution in [3.63, 3.8) is 0 Å². The van der Waals surface area contributed by atoms with Crippen LogP contribution in [0.3, 0.4) is 0 Å². The molecule has 0 saturated heterocycles. The van der Waals surface area contributed by atoms with Crippen LogP contribution in [0, 0.1) is 5.92 Å². The van der Waals surface area contributed by atoms with Gasteiger partial charge in [-0.2, -0.15) is 26.3 Å². The van der Waals surface area contributed by atoms with E-state index in [-0.39, 0.29) is 12.8 Å². The highest BCUT2D eigenvalue weighted by molar-refractivity contribution is 9.09. The third-order valence-electron chi connectivity index (χ3n) is 2.77. The van der Waals surface area contributed by atoms with Crippen LogP contribution in [0.2, 0.25) is 0 Å². The van der Waals surface area contributed by atoms with Gasteiger partial charge in [-0.05, 0) is 19.8 Å².